The Labute approximate surface area is 240 Å². The quantitative estimate of drug-likeness (QED) is 0.397. The van der Waals surface area contributed by atoms with Crippen LogP contribution in [0.25, 0.3) is 0 Å². The van der Waals surface area contributed by atoms with Gasteiger partial charge in [0.05, 0.1) is 6.04 Å². The van der Waals surface area contributed by atoms with Gasteiger partial charge in [0.25, 0.3) is 0 Å². The van der Waals surface area contributed by atoms with Crippen molar-refractivity contribution in [2.75, 3.05) is 32.8 Å². The zero-order valence-electron chi connectivity index (χ0n) is 22.9. The molecule has 0 bridgehead atoms. The van der Waals surface area contributed by atoms with E-state index in [0.717, 1.165) is 54.3 Å². The van der Waals surface area contributed by atoms with Crippen molar-refractivity contribution in [1.82, 2.24) is 10.2 Å². The smallest absolute Gasteiger partial charge is 0.220 e. The Hall–Kier alpha value is -3.29. The lowest BCUT2D eigenvalue weighted by Gasteiger charge is -2.28. The van der Waals surface area contributed by atoms with E-state index in [1.807, 2.05) is 55.5 Å². The lowest BCUT2D eigenvalue weighted by Crippen LogP contribution is -2.31. The van der Waals surface area contributed by atoms with Gasteiger partial charge in [0, 0.05) is 23.8 Å². The molecule has 1 N–H and O–H groups in total. The van der Waals surface area contributed by atoms with Gasteiger partial charge in [0.2, 0.25) is 5.91 Å². The van der Waals surface area contributed by atoms with Gasteiger partial charge in [-0.2, -0.15) is 0 Å². The zero-order valence-corrected chi connectivity index (χ0v) is 23.8. The fraction of sp³-hybridized carbons (Fsp3) is 0.394. The predicted molar refractivity (Wildman–Crippen MR) is 159 cm³/mol. The number of hydrogen-bond donors (Lipinski definition) is 1. The second-order valence-corrected chi connectivity index (χ2v) is 12.4. The molecule has 4 aliphatic rings. The summed E-state index contributed by atoms with van der Waals surface area (Å²) in [5.74, 6) is 1.71. The normalized spacial score (nSPS) is 25.5. The zero-order chi connectivity index (χ0) is 27.5. The Kier molecular flexibility index (Phi) is 7.85. The summed E-state index contributed by atoms with van der Waals surface area (Å²) >= 11 is 1.67. The molecule has 40 heavy (non-hydrogen) atoms. The van der Waals surface area contributed by atoms with Gasteiger partial charge in [-0.15, -0.1) is 11.8 Å². The fourth-order valence-electron chi connectivity index (χ4n) is 5.90. The number of Topliss-reactive ketones (excluding diaryl/α,β-unsaturated/α-hetero) is 1. The third-order valence-electron chi connectivity index (χ3n) is 8.15. The van der Waals surface area contributed by atoms with Crippen LogP contribution in [0, 0.1) is 6.92 Å². The molecule has 208 valence electrons. The summed E-state index contributed by atoms with van der Waals surface area (Å²) in [5, 5.41) is 3.08. The maximum absolute atomic E-state index is 14.3. The van der Waals surface area contributed by atoms with E-state index in [0.29, 0.717) is 25.2 Å². The van der Waals surface area contributed by atoms with E-state index in [9.17, 15) is 9.59 Å². The maximum Gasteiger partial charge on any atom is 0.220 e. The lowest BCUT2D eigenvalue weighted by molar-refractivity contribution is -0.119. The number of carbonyl (C=O) groups excluding carboxylic acids is 2. The summed E-state index contributed by atoms with van der Waals surface area (Å²) in [6.07, 6.45) is 14.4. The Balaban J connectivity index is 1.21. The van der Waals surface area contributed by atoms with Gasteiger partial charge in [-0.3, -0.25) is 14.5 Å². The highest BCUT2D eigenvalue weighted by molar-refractivity contribution is 8.02. The third kappa shape index (κ3) is 5.63. The van der Waals surface area contributed by atoms with Crippen LogP contribution in [-0.2, 0) is 9.54 Å². The molecule has 3 heterocycles. The van der Waals surface area contributed by atoms with Crippen LogP contribution in [0.2, 0.25) is 0 Å². The average molecular weight is 557 g/mol. The molecular formula is C33H36N2O4S. The third-order valence-corrected chi connectivity index (χ3v) is 9.75. The minimum atomic E-state index is -0.847. The molecule has 2 fully saturated rings. The lowest BCUT2D eigenvalue weighted by atomic mass is 9.86. The van der Waals surface area contributed by atoms with Gasteiger partial charge >= 0.3 is 0 Å². The number of thioether (sulfide) groups is 1. The molecule has 0 saturated carbocycles. The molecule has 1 aliphatic carbocycles. The number of nitrogens with one attached hydrogen (secondary N) is 1. The highest BCUT2D eigenvalue weighted by atomic mass is 32.2. The van der Waals surface area contributed by atoms with E-state index in [1.165, 1.54) is 12.8 Å². The number of rotatable bonds is 10. The molecular weight excluding hydrogens is 520 g/mol. The number of amides is 1. The van der Waals surface area contributed by atoms with Crippen molar-refractivity contribution in [3.63, 3.8) is 0 Å². The van der Waals surface area contributed by atoms with E-state index in [1.54, 1.807) is 11.8 Å². The minimum absolute atomic E-state index is 0.0449. The number of aryl methyl sites for hydroxylation is 1. The summed E-state index contributed by atoms with van der Waals surface area (Å²) in [4.78, 5) is 28.3. The van der Waals surface area contributed by atoms with E-state index < -0.39 is 4.75 Å². The topological polar surface area (TPSA) is 67.9 Å². The van der Waals surface area contributed by atoms with Gasteiger partial charge in [-0.05, 0) is 86.3 Å². The van der Waals surface area contributed by atoms with Crippen LogP contribution >= 0.6 is 11.8 Å². The monoisotopic (exact) mass is 556 g/mol. The van der Waals surface area contributed by atoms with Crippen LogP contribution in [0.1, 0.15) is 47.2 Å². The average Bonchev–Trinajstić information content (AvgIpc) is 3.73. The molecule has 6 rings (SSSR count). The van der Waals surface area contributed by atoms with Gasteiger partial charge < -0.3 is 14.8 Å². The number of nitrogens with zero attached hydrogens (tertiary/aromatic N) is 1. The van der Waals surface area contributed by atoms with Crippen molar-refractivity contribution in [3.8, 4) is 11.5 Å². The molecule has 2 aromatic carbocycles. The summed E-state index contributed by atoms with van der Waals surface area (Å²) < 4.78 is 11.2. The molecule has 0 radical (unpaired) electrons. The van der Waals surface area contributed by atoms with Crippen molar-refractivity contribution in [3.05, 3.63) is 95.1 Å². The predicted octanol–water partition coefficient (Wildman–Crippen LogP) is 5.37. The number of fused-ring (bicyclic) bond motifs is 1. The minimum Gasteiger partial charge on any atom is -0.492 e. The first-order valence-electron chi connectivity index (χ1n) is 14.3. The summed E-state index contributed by atoms with van der Waals surface area (Å²) in [6.45, 7) is 6.35. The SMILES string of the molecule is Cc1cc([C@@]2(C(=O)c3ccc(OCCN4CCCC4)cc3)C=C3C=CC=CC3S2)ccc1OCC1CCC(=O)N1. The van der Waals surface area contributed by atoms with Crippen LogP contribution in [0.3, 0.4) is 0 Å². The Morgan fingerprint density at radius 3 is 2.65 bits per heavy atom. The number of benzene rings is 2. The van der Waals surface area contributed by atoms with Crippen molar-refractivity contribution < 1.29 is 19.1 Å². The van der Waals surface area contributed by atoms with Gasteiger partial charge in [-0.1, -0.05) is 42.5 Å². The maximum atomic E-state index is 14.3. The van der Waals surface area contributed by atoms with Crippen LogP contribution < -0.4 is 14.8 Å². The number of ketones is 1. The molecule has 0 aromatic heterocycles. The second-order valence-electron chi connectivity index (χ2n) is 11.0. The summed E-state index contributed by atoms with van der Waals surface area (Å²) in [5.41, 5.74) is 3.72. The summed E-state index contributed by atoms with van der Waals surface area (Å²) in [6, 6.07) is 13.7. The van der Waals surface area contributed by atoms with Gasteiger partial charge in [0.15, 0.2) is 5.78 Å². The molecule has 2 unspecified atom stereocenters. The molecule has 7 heteroatoms. The first kappa shape index (κ1) is 26.9. The highest BCUT2D eigenvalue weighted by Gasteiger charge is 2.46. The molecule has 0 spiro atoms. The van der Waals surface area contributed by atoms with Crippen molar-refractivity contribution in [2.24, 2.45) is 0 Å². The summed E-state index contributed by atoms with van der Waals surface area (Å²) in [7, 11) is 0. The van der Waals surface area contributed by atoms with Crippen molar-refractivity contribution >= 4 is 23.5 Å². The number of hydrogen-bond acceptors (Lipinski definition) is 6. The number of ether oxygens (including phenoxy) is 2. The Morgan fingerprint density at radius 1 is 1.10 bits per heavy atom. The van der Waals surface area contributed by atoms with E-state index >= 15 is 0 Å². The number of allylic oxidation sites excluding steroid dienone is 3. The molecule has 3 aliphatic heterocycles. The molecule has 6 nitrogen and oxygen atoms in total. The first-order chi connectivity index (χ1) is 19.5. The van der Waals surface area contributed by atoms with E-state index in [-0.39, 0.29) is 23.0 Å². The van der Waals surface area contributed by atoms with Crippen LogP contribution in [-0.4, -0.2) is 60.7 Å². The Morgan fingerprint density at radius 2 is 1.93 bits per heavy atom. The fourth-order valence-corrected chi connectivity index (χ4v) is 7.44. The second kappa shape index (κ2) is 11.7. The molecule has 1 amide bonds. The largest absolute Gasteiger partial charge is 0.492 e. The van der Waals surface area contributed by atoms with Gasteiger partial charge in [-0.25, -0.2) is 0 Å². The van der Waals surface area contributed by atoms with E-state index in [4.69, 9.17) is 9.47 Å². The van der Waals surface area contributed by atoms with Gasteiger partial charge in [0.1, 0.15) is 29.5 Å². The highest BCUT2D eigenvalue weighted by Crippen LogP contribution is 2.52. The molecule has 3 atom stereocenters. The van der Waals surface area contributed by atoms with E-state index in [2.05, 4.69) is 34.5 Å². The standard InChI is InChI=1S/C33H36N2O4S/c1-23-20-26(10-14-29(23)39-22-27-11-15-31(36)34-27)33(21-25-6-2-3-7-30(25)40-33)32(37)24-8-12-28(13-9-24)38-19-18-35-16-4-5-17-35/h2-3,6-10,12-14,20-21,27,30H,4-5,11,15-19,22H2,1H3,(H,34,36)/t27?,30?,33-/m1/s1. The number of likely N-dealkylation sites (tertiary alicyclic amines) is 1. The number of carbonyl (C=O) groups is 2. The van der Waals surface area contributed by atoms with Crippen LogP contribution in [0.5, 0.6) is 11.5 Å². The molecule has 2 saturated heterocycles. The Bertz CT molecular complexity index is 1360. The van der Waals surface area contributed by atoms with Crippen molar-refractivity contribution in [2.45, 2.75) is 48.6 Å². The van der Waals surface area contributed by atoms with Crippen molar-refractivity contribution in [1.29, 1.82) is 0 Å². The first-order valence-corrected chi connectivity index (χ1v) is 15.2. The van der Waals surface area contributed by atoms with Crippen LogP contribution in [0.15, 0.2) is 78.4 Å². The molecule has 2 aromatic rings. The van der Waals surface area contributed by atoms with Crippen LogP contribution in [0.4, 0.5) is 0 Å².